The van der Waals surface area contributed by atoms with Crippen LogP contribution < -0.4 is 0 Å². The second-order valence-corrected chi connectivity index (χ2v) is 8.14. The van der Waals surface area contributed by atoms with Gasteiger partial charge < -0.3 is 9.64 Å². The number of hydrogen-bond acceptors (Lipinski definition) is 6. The van der Waals surface area contributed by atoms with Gasteiger partial charge in [0.15, 0.2) is 0 Å². The van der Waals surface area contributed by atoms with Gasteiger partial charge in [0.25, 0.3) is 10.1 Å². The molecule has 2 unspecified atom stereocenters. The number of ether oxygens (including phenoxy) is 1. The number of likely N-dealkylation sites (tertiary alicyclic amines) is 1. The number of carbonyl (C=O) groups excluding carboxylic acids is 2. The molecule has 2 atom stereocenters. The average molecular weight is 336 g/mol. The summed E-state index contributed by atoms with van der Waals surface area (Å²) in [5, 5.41) is 0. The predicted octanol–water partition coefficient (Wildman–Crippen LogP) is 0.429. The Morgan fingerprint density at radius 3 is 2.18 bits per heavy atom. The molecule has 0 aromatic carbocycles. The molecule has 0 aliphatic carbocycles. The Labute approximate surface area is 131 Å². The molecule has 9 heteroatoms. The third-order valence-electron chi connectivity index (χ3n) is 2.93. The van der Waals surface area contributed by atoms with Crippen molar-refractivity contribution in [2.75, 3.05) is 26.9 Å². The second-order valence-electron chi connectivity index (χ2n) is 6.54. The third-order valence-corrected chi connectivity index (χ3v) is 3.55. The van der Waals surface area contributed by atoms with Gasteiger partial charge in [-0.2, -0.15) is 8.42 Å². The Balaban J connectivity index is 2.94. The number of carbonyl (C=O) groups is 2. The zero-order chi connectivity index (χ0) is 17.3. The van der Waals surface area contributed by atoms with Crippen LogP contribution in [0.4, 0.5) is 4.79 Å². The fourth-order valence-electron chi connectivity index (χ4n) is 2.17. The van der Waals surface area contributed by atoms with Gasteiger partial charge in [-0.25, -0.2) is 4.79 Å². The summed E-state index contributed by atoms with van der Waals surface area (Å²) in [5.41, 5.74) is -0.710. The SMILES string of the molecule is CN(C)C(=O)C1CC(OS(C)(=O)=O)CN1C(=O)OC(C)(C)C. The topological polar surface area (TPSA) is 93.2 Å². The first-order valence-electron chi connectivity index (χ1n) is 6.89. The van der Waals surface area contributed by atoms with Gasteiger partial charge >= 0.3 is 6.09 Å². The number of nitrogens with zero attached hydrogens (tertiary/aromatic N) is 2. The highest BCUT2D eigenvalue weighted by Gasteiger charge is 2.43. The normalized spacial score (nSPS) is 22.5. The standard InChI is InChI=1S/C13H24N2O6S/c1-13(2,3)20-12(17)15-8-9(21-22(6,18)19)7-10(15)11(16)14(4)5/h9-10H,7-8H2,1-6H3. The lowest BCUT2D eigenvalue weighted by molar-refractivity contribution is -0.133. The van der Waals surface area contributed by atoms with E-state index in [1.54, 1.807) is 34.9 Å². The minimum atomic E-state index is -3.66. The molecule has 22 heavy (non-hydrogen) atoms. The van der Waals surface area contributed by atoms with Gasteiger partial charge in [0.2, 0.25) is 5.91 Å². The van der Waals surface area contributed by atoms with Crippen molar-refractivity contribution in [1.82, 2.24) is 9.80 Å². The van der Waals surface area contributed by atoms with E-state index in [1.165, 1.54) is 9.80 Å². The number of hydrogen-bond donors (Lipinski definition) is 0. The first-order valence-corrected chi connectivity index (χ1v) is 8.71. The van der Waals surface area contributed by atoms with Crippen LogP contribution in [-0.2, 0) is 23.8 Å². The van der Waals surface area contributed by atoms with Crippen LogP contribution in [0.25, 0.3) is 0 Å². The fourth-order valence-corrected chi connectivity index (χ4v) is 2.80. The van der Waals surface area contributed by atoms with Crippen LogP contribution in [-0.4, -0.2) is 74.9 Å². The lowest BCUT2D eigenvalue weighted by atomic mass is 10.2. The van der Waals surface area contributed by atoms with E-state index in [-0.39, 0.29) is 18.9 Å². The van der Waals surface area contributed by atoms with Gasteiger partial charge in [0.1, 0.15) is 11.6 Å². The van der Waals surface area contributed by atoms with Crippen LogP contribution >= 0.6 is 0 Å². The molecule has 0 aromatic heterocycles. The van der Waals surface area contributed by atoms with E-state index in [4.69, 9.17) is 8.92 Å². The van der Waals surface area contributed by atoms with Crippen molar-refractivity contribution < 1.29 is 26.9 Å². The third kappa shape index (κ3) is 5.45. The molecule has 128 valence electrons. The van der Waals surface area contributed by atoms with Crippen molar-refractivity contribution in [2.24, 2.45) is 0 Å². The van der Waals surface area contributed by atoms with Gasteiger partial charge in [-0.1, -0.05) is 0 Å². The maximum Gasteiger partial charge on any atom is 0.411 e. The molecule has 0 spiro atoms. The zero-order valence-corrected chi connectivity index (χ0v) is 14.6. The molecule has 1 aliphatic heterocycles. The molecule has 1 aliphatic rings. The lowest BCUT2D eigenvalue weighted by Crippen LogP contribution is -2.47. The highest BCUT2D eigenvalue weighted by molar-refractivity contribution is 7.86. The molecule has 2 amide bonds. The molecule has 1 heterocycles. The maximum atomic E-state index is 12.2. The Hall–Kier alpha value is -1.35. The Morgan fingerprint density at radius 2 is 1.77 bits per heavy atom. The van der Waals surface area contributed by atoms with Crippen LogP contribution in [0.2, 0.25) is 0 Å². The van der Waals surface area contributed by atoms with Crippen LogP contribution in [0, 0.1) is 0 Å². The van der Waals surface area contributed by atoms with Crippen LogP contribution in [0.5, 0.6) is 0 Å². The molecule has 1 rings (SSSR count). The summed E-state index contributed by atoms with van der Waals surface area (Å²) in [6, 6.07) is -0.795. The summed E-state index contributed by atoms with van der Waals surface area (Å²) < 4.78 is 32.7. The van der Waals surface area contributed by atoms with Gasteiger partial charge in [0, 0.05) is 20.5 Å². The quantitative estimate of drug-likeness (QED) is 0.694. The summed E-state index contributed by atoms with van der Waals surface area (Å²) in [6.07, 6.45) is -0.362. The van der Waals surface area contributed by atoms with E-state index in [9.17, 15) is 18.0 Å². The molecule has 0 bridgehead atoms. The van der Waals surface area contributed by atoms with Crippen molar-refractivity contribution in [3.05, 3.63) is 0 Å². The lowest BCUT2D eigenvalue weighted by Gasteiger charge is -2.29. The molecule has 0 aromatic rings. The van der Waals surface area contributed by atoms with Crippen molar-refractivity contribution in [3.63, 3.8) is 0 Å². The van der Waals surface area contributed by atoms with Crippen LogP contribution in [0.1, 0.15) is 27.2 Å². The first-order chi connectivity index (χ1) is 9.80. The Bertz CT molecular complexity index is 537. The number of amides is 2. The van der Waals surface area contributed by atoms with Gasteiger partial charge in [-0.15, -0.1) is 0 Å². The number of likely N-dealkylation sites (N-methyl/N-ethyl adjacent to an activating group) is 1. The molecule has 1 saturated heterocycles. The van der Waals surface area contributed by atoms with Crippen molar-refractivity contribution in [3.8, 4) is 0 Å². The summed E-state index contributed by atoms with van der Waals surface area (Å²) in [6.45, 7) is 5.14. The predicted molar refractivity (Wildman–Crippen MR) is 79.8 cm³/mol. The van der Waals surface area contributed by atoms with E-state index < -0.39 is 34.0 Å². The fraction of sp³-hybridized carbons (Fsp3) is 0.846. The summed E-state index contributed by atoms with van der Waals surface area (Å²) in [5.74, 6) is -0.300. The second kappa shape index (κ2) is 6.41. The van der Waals surface area contributed by atoms with Crippen LogP contribution in [0.15, 0.2) is 0 Å². The van der Waals surface area contributed by atoms with E-state index in [1.807, 2.05) is 0 Å². The molecular weight excluding hydrogens is 312 g/mol. The molecule has 8 nitrogen and oxygen atoms in total. The Morgan fingerprint density at radius 1 is 1.23 bits per heavy atom. The van der Waals surface area contributed by atoms with Crippen LogP contribution in [0.3, 0.4) is 0 Å². The van der Waals surface area contributed by atoms with Crippen molar-refractivity contribution >= 4 is 22.1 Å². The van der Waals surface area contributed by atoms with Gasteiger partial charge in [0.05, 0.1) is 18.9 Å². The minimum Gasteiger partial charge on any atom is -0.444 e. The molecule has 1 fully saturated rings. The first kappa shape index (κ1) is 18.7. The van der Waals surface area contributed by atoms with E-state index >= 15 is 0 Å². The molecular formula is C13H24N2O6S. The van der Waals surface area contributed by atoms with E-state index in [0.29, 0.717) is 0 Å². The summed E-state index contributed by atoms with van der Waals surface area (Å²) >= 11 is 0. The largest absolute Gasteiger partial charge is 0.444 e. The van der Waals surface area contributed by atoms with E-state index in [0.717, 1.165) is 6.26 Å². The average Bonchev–Trinajstić information content (AvgIpc) is 2.66. The maximum absolute atomic E-state index is 12.2. The molecule has 0 N–H and O–H groups in total. The molecule has 0 radical (unpaired) electrons. The minimum absolute atomic E-state index is 0.00771. The Kier molecular flexibility index (Phi) is 5.45. The van der Waals surface area contributed by atoms with E-state index in [2.05, 4.69) is 0 Å². The van der Waals surface area contributed by atoms with Crippen molar-refractivity contribution in [1.29, 1.82) is 0 Å². The molecule has 0 saturated carbocycles. The monoisotopic (exact) mass is 336 g/mol. The summed E-state index contributed by atoms with van der Waals surface area (Å²) in [4.78, 5) is 27.0. The number of rotatable bonds is 3. The van der Waals surface area contributed by atoms with Gasteiger partial charge in [-0.3, -0.25) is 13.9 Å². The highest BCUT2D eigenvalue weighted by Crippen LogP contribution is 2.25. The smallest absolute Gasteiger partial charge is 0.411 e. The summed E-state index contributed by atoms with van der Waals surface area (Å²) in [7, 11) is -0.525. The van der Waals surface area contributed by atoms with Crippen molar-refractivity contribution in [2.45, 2.75) is 44.9 Å². The zero-order valence-electron chi connectivity index (χ0n) is 13.8. The van der Waals surface area contributed by atoms with Gasteiger partial charge in [-0.05, 0) is 20.8 Å². The highest BCUT2D eigenvalue weighted by atomic mass is 32.2.